The van der Waals surface area contributed by atoms with Crippen LogP contribution in [-0.4, -0.2) is 82.7 Å². The number of aldehydes is 1. The van der Waals surface area contributed by atoms with Crippen LogP contribution >= 0.6 is 0 Å². The van der Waals surface area contributed by atoms with Gasteiger partial charge in [0.15, 0.2) is 5.60 Å². The second-order valence-electron chi connectivity index (χ2n) is 13.4. The maximum absolute atomic E-state index is 13.5. The van der Waals surface area contributed by atoms with Gasteiger partial charge in [-0.15, -0.1) is 5.10 Å². The number of nitrogens with one attached hydrogen (secondary N) is 2. The molecule has 0 saturated carbocycles. The van der Waals surface area contributed by atoms with Crippen LogP contribution in [0.3, 0.4) is 0 Å². The number of hydrogen-bond donors (Lipinski definition) is 2. The standard InChI is InChI=1S/C35H53BN6O5/c1-8-30-35(7,46-9-2)33(38-17-12-13-18-42-22-29(40-41-42)28-14-10-11-16-37-28)26(6)39-21-23(3)20-27(15-19-43)31(36)24(4)32(44)25(5)34(45)47-30/h2,10-11,14,16,19,22-27,30-31,33,38-39H,8,12-13,15,17-18,20-21,36H2,1,3-7H3/t23-,24-,25-,26-,27+,30-,31-,33-,35-/m1/s1. The third-order valence-electron chi connectivity index (χ3n) is 9.96. The summed E-state index contributed by atoms with van der Waals surface area (Å²) in [4.78, 5) is 43.0. The number of ketones is 1. The Hall–Kier alpha value is -3.56. The zero-order valence-corrected chi connectivity index (χ0v) is 29.1. The van der Waals surface area contributed by atoms with Gasteiger partial charge in [0, 0.05) is 31.1 Å². The van der Waals surface area contributed by atoms with E-state index in [4.69, 9.17) is 15.9 Å². The first-order valence-electron chi connectivity index (χ1n) is 17.1. The lowest BCUT2D eigenvalue weighted by atomic mass is 9.63. The van der Waals surface area contributed by atoms with E-state index in [1.165, 1.54) is 0 Å². The predicted octanol–water partition coefficient (Wildman–Crippen LogP) is 3.25. The molecule has 0 unspecified atom stereocenters. The smallest absolute Gasteiger partial charge is 0.316 e. The van der Waals surface area contributed by atoms with Crippen molar-refractivity contribution in [2.24, 2.45) is 23.7 Å². The van der Waals surface area contributed by atoms with Gasteiger partial charge in [0.2, 0.25) is 0 Å². The highest BCUT2D eigenvalue weighted by atomic mass is 16.6. The van der Waals surface area contributed by atoms with Crippen molar-refractivity contribution in [3.05, 3.63) is 30.6 Å². The molecule has 1 fully saturated rings. The number of rotatable bonds is 11. The quantitative estimate of drug-likeness (QED) is 0.0933. The van der Waals surface area contributed by atoms with Crippen molar-refractivity contribution >= 4 is 25.9 Å². The molecule has 9 atom stereocenters. The molecule has 0 radical (unpaired) electrons. The Bertz CT molecular complexity index is 1340. The average molecular weight is 649 g/mol. The molecule has 12 heteroatoms. The van der Waals surface area contributed by atoms with Crippen LogP contribution in [0.2, 0.25) is 5.82 Å². The zero-order valence-electron chi connectivity index (χ0n) is 29.1. The topological polar surface area (TPSA) is 137 Å². The first kappa shape index (κ1) is 37.9. The summed E-state index contributed by atoms with van der Waals surface area (Å²) in [7, 11) is 2.00. The van der Waals surface area contributed by atoms with Crippen molar-refractivity contribution in [2.75, 3.05) is 13.1 Å². The Morgan fingerprint density at radius 3 is 2.66 bits per heavy atom. The summed E-state index contributed by atoms with van der Waals surface area (Å²) in [6, 6.07) is 5.20. The number of terminal acetylenes is 1. The van der Waals surface area contributed by atoms with Crippen molar-refractivity contribution < 1.29 is 23.9 Å². The van der Waals surface area contributed by atoms with Crippen molar-refractivity contribution in [3.63, 3.8) is 0 Å². The van der Waals surface area contributed by atoms with Gasteiger partial charge in [0.25, 0.3) is 0 Å². The van der Waals surface area contributed by atoms with Crippen LogP contribution in [0, 0.1) is 36.2 Å². The second kappa shape index (κ2) is 18.1. The molecule has 0 amide bonds. The number of carbonyl (C=O) groups excluding carboxylic acids is 3. The molecule has 0 bridgehead atoms. The van der Waals surface area contributed by atoms with Gasteiger partial charge in [0.1, 0.15) is 43.7 Å². The van der Waals surface area contributed by atoms with E-state index in [0.29, 0.717) is 32.5 Å². The molecule has 1 aliphatic heterocycles. The molecule has 11 nitrogen and oxygen atoms in total. The Balaban J connectivity index is 1.80. The van der Waals surface area contributed by atoms with E-state index in [0.717, 1.165) is 36.9 Å². The van der Waals surface area contributed by atoms with Crippen LogP contribution in [-0.2, 0) is 30.4 Å². The zero-order chi connectivity index (χ0) is 34.6. The lowest BCUT2D eigenvalue weighted by molar-refractivity contribution is -0.173. The van der Waals surface area contributed by atoms with E-state index >= 15 is 0 Å². The van der Waals surface area contributed by atoms with Crippen molar-refractivity contribution in [1.82, 2.24) is 30.6 Å². The third-order valence-corrected chi connectivity index (χ3v) is 9.96. The fourth-order valence-electron chi connectivity index (χ4n) is 6.81. The number of Topliss-reactive ketones (excluding diaryl/α,β-unsaturated/α-hetero) is 1. The molecule has 256 valence electrons. The first-order valence-corrected chi connectivity index (χ1v) is 17.1. The van der Waals surface area contributed by atoms with Gasteiger partial charge in [0.05, 0.1) is 17.9 Å². The first-order chi connectivity index (χ1) is 22.5. The summed E-state index contributed by atoms with van der Waals surface area (Å²) >= 11 is 0. The van der Waals surface area contributed by atoms with Crippen molar-refractivity contribution in [1.29, 1.82) is 0 Å². The number of aromatic nitrogens is 4. The minimum Gasteiger partial charge on any atom is -0.457 e. The number of nitrogens with zero attached hydrogens (tertiary/aromatic N) is 4. The normalized spacial score (nSPS) is 31.2. The molecule has 2 aromatic heterocycles. The summed E-state index contributed by atoms with van der Waals surface area (Å²) in [5.74, 6) is -1.98. The summed E-state index contributed by atoms with van der Waals surface area (Å²) in [5.41, 5.74) is 0.398. The van der Waals surface area contributed by atoms with E-state index in [2.05, 4.69) is 45.9 Å². The summed E-state index contributed by atoms with van der Waals surface area (Å²) < 4.78 is 13.9. The summed E-state index contributed by atoms with van der Waals surface area (Å²) in [6.45, 7) is 13.5. The van der Waals surface area contributed by atoms with Gasteiger partial charge in [-0.1, -0.05) is 44.3 Å². The van der Waals surface area contributed by atoms with Gasteiger partial charge in [-0.3, -0.25) is 19.3 Å². The summed E-state index contributed by atoms with van der Waals surface area (Å²) in [6.07, 6.45) is 15.2. The van der Waals surface area contributed by atoms with Gasteiger partial charge < -0.3 is 24.9 Å². The highest BCUT2D eigenvalue weighted by Gasteiger charge is 2.48. The number of pyridine rings is 1. The molecule has 1 saturated heterocycles. The Morgan fingerprint density at radius 1 is 1.23 bits per heavy atom. The number of hydrogen-bond acceptors (Lipinski definition) is 10. The van der Waals surface area contributed by atoms with Crippen molar-refractivity contribution in [2.45, 2.75) is 110 Å². The molecule has 3 heterocycles. The van der Waals surface area contributed by atoms with Crippen LogP contribution in [0.5, 0.6) is 0 Å². The lowest BCUT2D eigenvalue weighted by Gasteiger charge is -2.44. The fraction of sp³-hybridized carbons (Fsp3) is 0.657. The molecule has 2 N–H and O–H groups in total. The maximum Gasteiger partial charge on any atom is 0.316 e. The van der Waals surface area contributed by atoms with Crippen LogP contribution in [0.1, 0.15) is 73.6 Å². The monoisotopic (exact) mass is 648 g/mol. The Labute approximate surface area is 281 Å². The van der Waals surface area contributed by atoms with E-state index < -0.39 is 29.5 Å². The molecule has 3 rings (SSSR count). The molecule has 2 aromatic rings. The number of cyclic esters (lactones) is 1. The van der Waals surface area contributed by atoms with Gasteiger partial charge >= 0.3 is 5.97 Å². The fourth-order valence-corrected chi connectivity index (χ4v) is 6.81. The largest absolute Gasteiger partial charge is 0.457 e. The highest BCUT2D eigenvalue weighted by molar-refractivity contribution is 6.15. The highest BCUT2D eigenvalue weighted by Crippen LogP contribution is 2.35. The van der Waals surface area contributed by atoms with Gasteiger partial charge in [-0.2, -0.15) is 0 Å². The minimum atomic E-state index is -1.11. The van der Waals surface area contributed by atoms with E-state index in [9.17, 15) is 14.4 Å². The number of aryl methyl sites for hydroxylation is 1. The van der Waals surface area contributed by atoms with Crippen LogP contribution < -0.4 is 10.6 Å². The SMILES string of the molecule is B[C@H]1[C@@H](CC=O)C[C@@H](C)CN[C@H](C)[C@@H](NCCCCn2cc(-c3ccccn3)nn2)[C@](C)(OC#C)[C@@H](CC)OC(=O)[C@H](C)C(=O)[C@@H]1C. The lowest BCUT2D eigenvalue weighted by Crippen LogP contribution is -2.65. The van der Waals surface area contributed by atoms with Gasteiger partial charge in [-0.25, -0.2) is 0 Å². The second-order valence-corrected chi connectivity index (χ2v) is 13.4. The molecule has 47 heavy (non-hydrogen) atoms. The Kier molecular flexibility index (Phi) is 14.6. The van der Waals surface area contributed by atoms with E-state index in [1.807, 2.05) is 57.7 Å². The van der Waals surface area contributed by atoms with Crippen LogP contribution in [0.25, 0.3) is 11.4 Å². The number of esters is 1. The number of carbonyl (C=O) groups is 3. The average Bonchev–Trinajstić information content (AvgIpc) is 3.55. The van der Waals surface area contributed by atoms with Crippen LogP contribution in [0.4, 0.5) is 0 Å². The number of unbranched alkanes of at least 4 members (excludes halogenated alkanes) is 1. The molecule has 0 aliphatic carbocycles. The molecule has 0 spiro atoms. The maximum atomic E-state index is 13.5. The number of ether oxygens (including phenoxy) is 2. The minimum absolute atomic E-state index is 0.0178. The van der Waals surface area contributed by atoms with Gasteiger partial charge in [-0.05, 0) is 83.5 Å². The third kappa shape index (κ3) is 9.97. The van der Waals surface area contributed by atoms with E-state index in [1.54, 1.807) is 13.1 Å². The predicted molar refractivity (Wildman–Crippen MR) is 184 cm³/mol. The summed E-state index contributed by atoms with van der Waals surface area (Å²) in [5, 5.41) is 15.9. The van der Waals surface area contributed by atoms with Crippen molar-refractivity contribution in [3.8, 4) is 23.9 Å². The molecule has 1 aliphatic rings. The Morgan fingerprint density at radius 2 is 2.00 bits per heavy atom. The van der Waals surface area contributed by atoms with E-state index in [-0.39, 0.29) is 35.5 Å². The molecular weight excluding hydrogens is 595 g/mol. The van der Waals surface area contributed by atoms with Crippen LogP contribution in [0.15, 0.2) is 30.6 Å². The molecule has 0 aromatic carbocycles. The molecular formula is C35H53BN6O5.